The van der Waals surface area contributed by atoms with Crippen LogP contribution in [0.3, 0.4) is 0 Å². The predicted octanol–water partition coefficient (Wildman–Crippen LogP) is 5.89. The molecule has 0 amide bonds. The van der Waals surface area contributed by atoms with Crippen LogP contribution in [0.1, 0.15) is 23.7 Å². The van der Waals surface area contributed by atoms with Gasteiger partial charge >= 0.3 is 12.3 Å². The summed E-state index contributed by atoms with van der Waals surface area (Å²) < 4.78 is 84.8. The topological polar surface area (TPSA) is 91.0 Å². The minimum absolute atomic E-state index is 0.0199. The lowest BCUT2D eigenvalue weighted by atomic mass is 10.1. The van der Waals surface area contributed by atoms with Crippen LogP contribution in [-0.4, -0.2) is 29.2 Å². The van der Waals surface area contributed by atoms with Crippen molar-refractivity contribution in [3.8, 4) is 22.8 Å². The molecule has 0 unspecified atom stereocenters. The summed E-state index contributed by atoms with van der Waals surface area (Å²) in [6, 6.07) is 8.29. The minimum Gasteiger partial charge on any atom is -0.484 e. The smallest absolute Gasteiger partial charge is 0.484 e. The van der Waals surface area contributed by atoms with E-state index in [-0.39, 0.29) is 36.0 Å². The molecule has 0 saturated carbocycles. The van der Waals surface area contributed by atoms with Crippen molar-refractivity contribution < 1.29 is 50.6 Å². The van der Waals surface area contributed by atoms with Crippen molar-refractivity contribution >= 4 is 12.0 Å². The molecule has 0 aliphatic rings. The third kappa shape index (κ3) is 7.03. The third-order valence-corrected chi connectivity index (χ3v) is 4.49. The van der Waals surface area contributed by atoms with E-state index >= 15 is 0 Å². The summed E-state index contributed by atoms with van der Waals surface area (Å²) in [7, 11) is 0. The van der Waals surface area contributed by atoms with Crippen molar-refractivity contribution in [2.24, 2.45) is 0 Å². The second-order valence-electron chi connectivity index (χ2n) is 6.92. The number of carboxylic acid groups (broad SMARTS) is 1. The molecule has 7 nitrogen and oxygen atoms in total. The summed E-state index contributed by atoms with van der Waals surface area (Å²) in [6.45, 7) is 1.89. The number of nitrogens with zero attached hydrogens (tertiary/aromatic N) is 1. The number of alkyl halides is 3. The van der Waals surface area contributed by atoms with Crippen LogP contribution < -0.4 is 9.47 Å². The molecule has 1 heterocycles. The van der Waals surface area contributed by atoms with Crippen LogP contribution in [0.2, 0.25) is 0 Å². The monoisotopic (exact) mass is 499 g/mol. The number of aromatic nitrogens is 1. The number of halogens is 5. The maximum absolute atomic E-state index is 14.3. The van der Waals surface area contributed by atoms with Crippen LogP contribution >= 0.6 is 0 Å². The molecule has 0 spiro atoms. The second-order valence-corrected chi connectivity index (χ2v) is 6.92. The van der Waals surface area contributed by atoms with E-state index in [4.69, 9.17) is 19.1 Å². The van der Waals surface area contributed by atoms with Gasteiger partial charge in [0, 0.05) is 12.2 Å². The van der Waals surface area contributed by atoms with E-state index < -0.39 is 29.7 Å². The Balaban J connectivity index is 1.79. The lowest BCUT2D eigenvalue weighted by Gasteiger charge is -2.10. The molecule has 3 rings (SSSR count). The summed E-state index contributed by atoms with van der Waals surface area (Å²) in [4.78, 5) is 10.6. The van der Waals surface area contributed by atoms with Gasteiger partial charge in [-0.2, -0.15) is 4.39 Å². The van der Waals surface area contributed by atoms with Crippen LogP contribution in [0.25, 0.3) is 17.4 Å². The Morgan fingerprint density at radius 1 is 1.14 bits per heavy atom. The molecule has 0 bridgehead atoms. The number of ether oxygens (including phenoxy) is 3. The Bertz CT molecular complexity index is 1200. The van der Waals surface area contributed by atoms with E-state index in [1.165, 1.54) is 24.3 Å². The van der Waals surface area contributed by atoms with Gasteiger partial charge in [-0.05, 0) is 55.0 Å². The number of aliphatic carboxylic acids is 1. The van der Waals surface area contributed by atoms with Crippen LogP contribution in [-0.2, 0) is 22.7 Å². The number of carbonyl (C=O) groups is 1. The van der Waals surface area contributed by atoms with Gasteiger partial charge in [0.2, 0.25) is 5.83 Å². The highest BCUT2D eigenvalue weighted by Gasteiger charge is 2.31. The van der Waals surface area contributed by atoms with Crippen molar-refractivity contribution in [1.82, 2.24) is 5.16 Å². The van der Waals surface area contributed by atoms with Crippen molar-refractivity contribution in [1.29, 1.82) is 0 Å². The van der Waals surface area contributed by atoms with E-state index in [0.29, 0.717) is 23.8 Å². The van der Waals surface area contributed by atoms with Gasteiger partial charge in [0.15, 0.2) is 17.3 Å². The van der Waals surface area contributed by atoms with Gasteiger partial charge in [-0.1, -0.05) is 11.2 Å². The summed E-state index contributed by atoms with van der Waals surface area (Å²) in [5, 5.41) is 12.5. The molecular formula is C23H18F5NO6. The molecular weight excluding hydrogens is 481 g/mol. The molecule has 0 radical (unpaired) electrons. The van der Waals surface area contributed by atoms with Gasteiger partial charge < -0.3 is 23.8 Å². The average Bonchev–Trinajstić information content (AvgIpc) is 3.19. The lowest BCUT2D eigenvalue weighted by molar-refractivity contribution is -0.274. The van der Waals surface area contributed by atoms with Crippen molar-refractivity contribution in [2.75, 3.05) is 6.61 Å². The molecule has 3 aromatic rings. The first-order valence-electron chi connectivity index (χ1n) is 10.0. The molecule has 0 atom stereocenters. The Hall–Kier alpha value is -3.93. The van der Waals surface area contributed by atoms with Crippen molar-refractivity contribution in [2.45, 2.75) is 26.5 Å². The Morgan fingerprint density at radius 2 is 1.86 bits per heavy atom. The van der Waals surface area contributed by atoms with Crippen molar-refractivity contribution in [3.63, 3.8) is 0 Å². The van der Waals surface area contributed by atoms with Gasteiger partial charge in [-0.25, -0.2) is 9.18 Å². The molecule has 12 heteroatoms. The van der Waals surface area contributed by atoms with Crippen LogP contribution in [0, 0.1) is 5.82 Å². The molecule has 35 heavy (non-hydrogen) atoms. The highest BCUT2D eigenvalue weighted by Crippen LogP contribution is 2.31. The standard InChI is InChI=1S/C23H18F5NO6/c1-2-32-11-16-19(12-33-20-8-3-13(9-17(20)24)10-18(25)22(30)31)29-35-21(16)14-4-6-15(7-5-14)34-23(26,27)28/h3-10H,2,11-12H2,1H3,(H,30,31)/b18-10-. The molecule has 0 aliphatic heterocycles. The lowest BCUT2D eigenvalue weighted by Crippen LogP contribution is -2.16. The van der Waals surface area contributed by atoms with Crippen LogP contribution in [0.15, 0.2) is 52.8 Å². The molecule has 0 fully saturated rings. The Kier molecular flexibility index (Phi) is 8.07. The quantitative estimate of drug-likeness (QED) is 0.275. The normalized spacial score (nSPS) is 12.0. The highest BCUT2D eigenvalue weighted by atomic mass is 19.4. The largest absolute Gasteiger partial charge is 0.573 e. The zero-order chi connectivity index (χ0) is 25.6. The van der Waals surface area contributed by atoms with Gasteiger partial charge in [-0.15, -0.1) is 13.2 Å². The summed E-state index contributed by atoms with van der Waals surface area (Å²) >= 11 is 0. The highest BCUT2D eigenvalue weighted by molar-refractivity contribution is 5.89. The van der Waals surface area contributed by atoms with Gasteiger partial charge in [0.25, 0.3) is 0 Å². The maximum atomic E-state index is 14.3. The molecule has 2 aromatic carbocycles. The van der Waals surface area contributed by atoms with Crippen molar-refractivity contribution in [3.05, 3.63) is 70.9 Å². The minimum atomic E-state index is -4.83. The zero-order valence-corrected chi connectivity index (χ0v) is 18.1. The number of carboxylic acids is 1. The maximum Gasteiger partial charge on any atom is 0.573 e. The average molecular weight is 499 g/mol. The van der Waals surface area contributed by atoms with E-state index in [2.05, 4.69) is 9.89 Å². The molecule has 186 valence electrons. The Morgan fingerprint density at radius 3 is 2.46 bits per heavy atom. The molecule has 0 saturated heterocycles. The van der Waals surface area contributed by atoms with Gasteiger partial charge in [-0.3, -0.25) is 0 Å². The first-order valence-corrected chi connectivity index (χ1v) is 10.0. The first kappa shape index (κ1) is 25.7. The zero-order valence-electron chi connectivity index (χ0n) is 18.1. The summed E-state index contributed by atoms with van der Waals surface area (Å²) in [6.07, 6.45) is -4.17. The van der Waals surface area contributed by atoms with Gasteiger partial charge in [0.1, 0.15) is 18.1 Å². The fourth-order valence-corrected chi connectivity index (χ4v) is 2.92. The van der Waals surface area contributed by atoms with E-state index in [9.17, 15) is 26.7 Å². The molecule has 1 aromatic heterocycles. The number of hydrogen-bond acceptors (Lipinski definition) is 6. The fourth-order valence-electron chi connectivity index (χ4n) is 2.92. The predicted molar refractivity (Wildman–Crippen MR) is 111 cm³/mol. The summed E-state index contributed by atoms with van der Waals surface area (Å²) in [5.74, 6) is -4.50. The molecule has 1 N–H and O–H groups in total. The number of benzene rings is 2. The van der Waals surface area contributed by atoms with Gasteiger partial charge in [0.05, 0.1) is 12.2 Å². The van der Waals surface area contributed by atoms with E-state index in [1.54, 1.807) is 6.92 Å². The Labute approximate surface area is 195 Å². The van der Waals surface area contributed by atoms with E-state index in [1.807, 2.05) is 0 Å². The summed E-state index contributed by atoms with van der Waals surface area (Å²) in [5.41, 5.74) is 1.08. The number of rotatable bonds is 10. The van der Waals surface area contributed by atoms with Crippen LogP contribution in [0.5, 0.6) is 11.5 Å². The van der Waals surface area contributed by atoms with Crippen LogP contribution in [0.4, 0.5) is 22.0 Å². The number of hydrogen-bond donors (Lipinski definition) is 1. The fraction of sp³-hybridized carbons (Fsp3) is 0.217. The SMILES string of the molecule is CCOCc1c(COc2ccc(/C=C(\F)C(=O)O)cc2F)noc1-c1ccc(OC(F)(F)F)cc1. The van der Waals surface area contributed by atoms with E-state index in [0.717, 1.165) is 18.2 Å². The second kappa shape index (κ2) is 11.0. The molecule has 0 aliphatic carbocycles. The first-order chi connectivity index (χ1) is 16.6. The third-order valence-electron chi connectivity index (χ3n) is 4.49.